The van der Waals surface area contributed by atoms with Gasteiger partial charge in [0, 0.05) is 6.42 Å². The van der Waals surface area contributed by atoms with Gasteiger partial charge >= 0.3 is 0 Å². The Hall–Kier alpha value is -3.08. The molecule has 0 saturated heterocycles. The molecule has 0 saturated carbocycles. The van der Waals surface area contributed by atoms with Gasteiger partial charge in [0.25, 0.3) is 0 Å². The lowest BCUT2D eigenvalue weighted by atomic mass is 9.95. The third kappa shape index (κ3) is 3.94. The topological polar surface area (TPSA) is 102 Å². The zero-order chi connectivity index (χ0) is 18.5. The van der Waals surface area contributed by atoms with Crippen molar-refractivity contribution in [2.45, 2.75) is 32.9 Å². The smallest absolute Gasteiger partial charge is 0.240 e. The second kappa shape index (κ2) is 7.87. The molecular formula is C18H21N5O3. The Bertz CT molecular complexity index is 824. The highest BCUT2D eigenvalue weighted by atomic mass is 16.5. The number of benzene rings is 1. The molecule has 1 amide bonds. The van der Waals surface area contributed by atoms with Gasteiger partial charge < -0.3 is 14.8 Å². The number of nitrogens with one attached hydrogen (secondary N) is 1. The van der Waals surface area contributed by atoms with Crippen molar-refractivity contribution in [3.05, 3.63) is 35.9 Å². The second-order valence-electron chi connectivity index (χ2n) is 6.44. The molecule has 3 rings (SSSR count). The number of nitriles is 1. The van der Waals surface area contributed by atoms with Gasteiger partial charge in [-0.05, 0) is 23.6 Å². The lowest BCUT2D eigenvalue weighted by molar-refractivity contribution is -0.122. The molecule has 0 spiro atoms. The van der Waals surface area contributed by atoms with Crippen molar-refractivity contribution in [1.82, 2.24) is 20.1 Å². The van der Waals surface area contributed by atoms with E-state index in [-0.39, 0.29) is 30.2 Å². The van der Waals surface area contributed by atoms with Crippen LogP contribution in [0.2, 0.25) is 0 Å². The van der Waals surface area contributed by atoms with E-state index >= 15 is 0 Å². The van der Waals surface area contributed by atoms with Gasteiger partial charge in [0.2, 0.25) is 11.7 Å². The maximum absolute atomic E-state index is 12.5. The third-order valence-corrected chi connectivity index (χ3v) is 4.14. The van der Waals surface area contributed by atoms with Crippen LogP contribution in [0, 0.1) is 17.2 Å². The highest BCUT2D eigenvalue weighted by molar-refractivity contribution is 5.76. The minimum atomic E-state index is -0.216. The number of carbonyl (C=O) groups excluding carboxylic acids is 1. The van der Waals surface area contributed by atoms with Gasteiger partial charge in [0.15, 0.2) is 11.5 Å². The van der Waals surface area contributed by atoms with Crippen LogP contribution < -0.4 is 14.8 Å². The van der Waals surface area contributed by atoms with Gasteiger partial charge in [-0.1, -0.05) is 19.9 Å². The van der Waals surface area contributed by atoms with Gasteiger partial charge in [0.1, 0.15) is 18.9 Å². The summed E-state index contributed by atoms with van der Waals surface area (Å²) in [5.41, 5.74) is 0.946. The van der Waals surface area contributed by atoms with Crippen LogP contribution in [0.1, 0.15) is 37.7 Å². The monoisotopic (exact) mass is 355 g/mol. The molecule has 1 N–H and O–H groups in total. The molecule has 1 unspecified atom stereocenters. The average molecular weight is 355 g/mol. The fourth-order valence-electron chi connectivity index (χ4n) is 2.84. The van der Waals surface area contributed by atoms with E-state index in [1.165, 1.54) is 10.9 Å². The Morgan fingerprint density at radius 2 is 2.12 bits per heavy atom. The van der Waals surface area contributed by atoms with Crippen molar-refractivity contribution in [2.75, 3.05) is 13.2 Å². The van der Waals surface area contributed by atoms with Gasteiger partial charge in [-0.15, -0.1) is 10.2 Å². The highest BCUT2D eigenvalue weighted by Gasteiger charge is 2.21. The third-order valence-electron chi connectivity index (χ3n) is 4.14. The van der Waals surface area contributed by atoms with Gasteiger partial charge in [-0.2, -0.15) is 5.26 Å². The van der Waals surface area contributed by atoms with Gasteiger partial charge in [-0.25, -0.2) is 0 Å². The minimum Gasteiger partial charge on any atom is -0.490 e. The van der Waals surface area contributed by atoms with Crippen molar-refractivity contribution in [3.63, 3.8) is 0 Å². The molecule has 8 heteroatoms. The van der Waals surface area contributed by atoms with E-state index in [1.807, 2.05) is 38.1 Å². The van der Waals surface area contributed by atoms with Crippen LogP contribution in [0.25, 0.3) is 0 Å². The summed E-state index contributed by atoms with van der Waals surface area (Å²) in [4.78, 5) is 12.5. The standard InChI is InChI=1S/C18H21N5O3/c1-12(2)18(21-17(24)10-23-11-20-22-16(23)9-19)13-4-5-14-15(8-13)26-7-3-6-25-14/h4-5,8,11-12,18H,3,6-7,10H2,1-2H3,(H,21,24). The molecule has 0 radical (unpaired) electrons. The summed E-state index contributed by atoms with van der Waals surface area (Å²) in [5, 5.41) is 19.3. The number of amides is 1. The fourth-order valence-corrected chi connectivity index (χ4v) is 2.84. The summed E-state index contributed by atoms with van der Waals surface area (Å²) in [6.07, 6.45) is 2.21. The van der Waals surface area contributed by atoms with Crippen LogP contribution in [-0.4, -0.2) is 33.9 Å². The molecule has 1 aliphatic rings. The highest BCUT2D eigenvalue weighted by Crippen LogP contribution is 2.34. The number of fused-ring (bicyclic) bond motifs is 1. The molecule has 8 nitrogen and oxygen atoms in total. The lowest BCUT2D eigenvalue weighted by Gasteiger charge is -2.24. The van der Waals surface area contributed by atoms with Gasteiger partial charge in [0.05, 0.1) is 19.3 Å². The van der Waals surface area contributed by atoms with E-state index in [1.54, 1.807) is 0 Å². The summed E-state index contributed by atoms with van der Waals surface area (Å²) in [5.74, 6) is 1.48. The van der Waals surface area contributed by atoms with Gasteiger partial charge in [-0.3, -0.25) is 9.36 Å². The van der Waals surface area contributed by atoms with Crippen molar-refractivity contribution in [1.29, 1.82) is 5.26 Å². The maximum Gasteiger partial charge on any atom is 0.240 e. The number of ether oxygens (including phenoxy) is 2. The molecule has 0 aliphatic carbocycles. The summed E-state index contributed by atoms with van der Waals surface area (Å²) in [6, 6.07) is 7.46. The van der Waals surface area contributed by atoms with E-state index < -0.39 is 0 Å². The number of aromatic nitrogens is 3. The van der Waals surface area contributed by atoms with Crippen LogP contribution in [0.4, 0.5) is 0 Å². The molecule has 1 atom stereocenters. The predicted molar refractivity (Wildman–Crippen MR) is 92.5 cm³/mol. The summed E-state index contributed by atoms with van der Waals surface area (Å²) in [7, 11) is 0. The van der Waals surface area contributed by atoms with Crippen LogP contribution >= 0.6 is 0 Å². The molecular weight excluding hydrogens is 334 g/mol. The van der Waals surface area contributed by atoms with E-state index in [4.69, 9.17) is 14.7 Å². The Kier molecular flexibility index (Phi) is 5.37. The first-order valence-electron chi connectivity index (χ1n) is 8.55. The van der Waals surface area contributed by atoms with Crippen molar-refractivity contribution >= 4 is 5.91 Å². The minimum absolute atomic E-state index is 0.0103. The fraction of sp³-hybridized carbons (Fsp3) is 0.444. The second-order valence-corrected chi connectivity index (χ2v) is 6.44. The van der Waals surface area contributed by atoms with E-state index in [9.17, 15) is 4.79 Å². The first-order chi connectivity index (χ1) is 12.6. The number of nitrogens with zero attached hydrogens (tertiary/aromatic N) is 4. The molecule has 1 aromatic carbocycles. The number of hydrogen-bond acceptors (Lipinski definition) is 6. The van der Waals surface area contributed by atoms with Crippen LogP contribution in [0.15, 0.2) is 24.5 Å². The largest absolute Gasteiger partial charge is 0.490 e. The quantitative estimate of drug-likeness (QED) is 0.878. The maximum atomic E-state index is 12.5. The van der Waals surface area contributed by atoms with Crippen molar-refractivity contribution < 1.29 is 14.3 Å². The molecule has 136 valence electrons. The van der Waals surface area contributed by atoms with Crippen LogP contribution in [0.3, 0.4) is 0 Å². The van der Waals surface area contributed by atoms with Crippen LogP contribution in [0.5, 0.6) is 11.5 Å². The summed E-state index contributed by atoms with van der Waals surface area (Å²) in [6.45, 7) is 5.31. The van der Waals surface area contributed by atoms with E-state index in [0.29, 0.717) is 19.0 Å². The average Bonchev–Trinajstić information content (AvgIpc) is 2.93. The molecule has 0 fully saturated rings. The molecule has 2 aromatic rings. The van der Waals surface area contributed by atoms with E-state index in [0.717, 1.165) is 17.7 Å². The van der Waals surface area contributed by atoms with Crippen molar-refractivity contribution in [2.24, 2.45) is 5.92 Å². The Morgan fingerprint density at radius 3 is 2.85 bits per heavy atom. The first-order valence-corrected chi connectivity index (χ1v) is 8.55. The zero-order valence-corrected chi connectivity index (χ0v) is 14.8. The number of hydrogen-bond donors (Lipinski definition) is 1. The predicted octanol–water partition coefficient (Wildman–Crippen LogP) is 1.82. The number of carbonyl (C=O) groups is 1. The molecule has 1 aliphatic heterocycles. The Labute approximate surface area is 151 Å². The van der Waals surface area contributed by atoms with Crippen molar-refractivity contribution in [3.8, 4) is 17.6 Å². The first kappa shape index (κ1) is 17.7. The Balaban J connectivity index is 1.76. The number of rotatable bonds is 5. The molecule has 2 heterocycles. The molecule has 1 aromatic heterocycles. The molecule has 26 heavy (non-hydrogen) atoms. The summed E-state index contributed by atoms with van der Waals surface area (Å²) < 4.78 is 12.8. The van der Waals surface area contributed by atoms with E-state index in [2.05, 4.69) is 15.5 Å². The SMILES string of the molecule is CC(C)C(NC(=O)Cn1cnnc1C#N)c1ccc2c(c1)OCCCO2. The molecule has 0 bridgehead atoms. The Morgan fingerprint density at radius 1 is 1.35 bits per heavy atom. The zero-order valence-electron chi connectivity index (χ0n) is 14.8. The summed E-state index contributed by atoms with van der Waals surface area (Å²) >= 11 is 0. The normalized spacial score (nSPS) is 14.4. The lowest BCUT2D eigenvalue weighted by Crippen LogP contribution is -2.34. The van der Waals surface area contributed by atoms with Crippen LogP contribution in [-0.2, 0) is 11.3 Å².